The largest absolute Gasteiger partial charge is 0.387 e. The van der Waals surface area contributed by atoms with E-state index in [9.17, 15) is 0 Å². The summed E-state index contributed by atoms with van der Waals surface area (Å²) >= 11 is 0. The molecule has 0 amide bonds. The number of aromatic nitrogens is 1. The molecule has 0 aromatic carbocycles. The Balaban J connectivity index is 0.000000206. The maximum Gasteiger partial charge on any atom is 0.0328 e. The van der Waals surface area contributed by atoms with E-state index in [4.69, 9.17) is 0 Å². The smallest absolute Gasteiger partial charge is 0.0328 e. The molecule has 0 atom stereocenters. The van der Waals surface area contributed by atoms with Crippen LogP contribution < -0.4 is 5.32 Å². The zero-order chi connectivity index (χ0) is 8.49. The standard InChI is InChI=1S/C5H7N.C5H5N.B/c2*1-2-4-6-5-3-1;/h1-4,6H,5H2;1-5H;. The van der Waals surface area contributed by atoms with Gasteiger partial charge in [-0.25, -0.2) is 0 Å². The van der Waals surface area contributed by atoms with Gasteiger partial charge in [0.2, 0.25) is 0 Å². The first-order chi connectivity index (χ1) is 6.00. The number of hydrogen-bond donors (Lipinski definition) is 1. The number of hydrogen-bond acceptors (Lipinski definition) is 2. The van der Waals surface area contributed by atoms with Gasteiger partial charge in [0.25, 0.3) is 0 Å². The summed E-state index contributed by atoms with van der Waals surface area (Å²) in [5.74, 6) is 0. The molecule has 0 aliphatic carbocycles. The molecule has 1 N–H and O–H groups in total. The maximum atomic E-state index is 3.78. The number of dihydropyridines is 1. The summed E-state index contributed by atoms with van der Waals surface area (Å²) in [5, 5.41) is 3.02. The van der Waals surface area contributed by atoms with Gasteiger partial charge in [0.1, 0.15) is 0 Å². The van der Waals surface area contributed by atoms with Gasteiger partial charge in [-0.05, 0) is 24.4 Å². The van der Waals surface area contributed by atoms with Crippen molar-refractivity contribution in [2.24, 2.45) is 0 Å². The second-order valence-electron chi connectivity index (χ2n) is 2.22. The molecule has 0 spiro atoms. The number of pyridine rings is 1. The summed E-state index contributed by atoms with van der Waals surface area (Å²) in [7, 11) is 0. The molecule has 0 saturated heterocycles. The first kappa shape index (κ1) is 11.5. The summed E-state index contributed by atoms with van der Waals surface area (Å²) in [6.07, 6.45) is 11.5. The number of nitrogens with zero attached hydrogens (tertiary/aromatic N) is 1. The molecular formula is C10H12BN2. The minimum absolute atomic E-state index is 0. The molecule has 65 valence electrons. The Kier molecular flexibility index (Phi) is 7.60. The summed E-state index contributed by atoms with van der Waals surface area (Å²) in [5.41, 5.74) is 0. The molecule has 1 aromatic heterocycles. The van der Waals surface area contributed by atoms with Gasteiger partial charge in [0.05, 0.1) is 0 Å². The van der Waals surface area contributed by atoms with Gasteiger partial charge in [0.15, 0.2) is 0 Å². The average Bonchev–Trinajstić information content (AvgIpc) is 2.24. The zero-order valence-electron chi connectivity index (χ0n) is 7.43. The Labute approximate surface area is 81.0 Å². The van der Waals surface area contributed by atoms with E-state index in [0.717, 1.165) is 6.54 Å². The molecule has 0 bridgehead atoms. The highest BCUT2D eigenvalue weighted by Gasteiger charge is 1.73. The van der Waals surface area contributed by atoms with Crippen molar-refractivity contribution < 1.29 is 0 Å². The fourth-order valence-electron chi connectivity index (χ4n) is 0.719. The van der Waals surface area contributed by atoms with Crippen LogP contribution in [0, 0.1) is 0 Å². The predicted molar refractivity (Wildman–Crippen MR) is 56.3 cm³/mol. The summed E-state index contributed by atoms with van der Waals surface area (Å²) in [6, 6.07) is 5.72. The first-order valence-corrected chi connectivity index (χ1v) is 3.90. The van der Waals surface area contributed by atoms with Crippen molar-refractivity contribution in [2.45, 2.75) is 0 Å². The van der Waals surface area contributed by atoms with E-state index in [1.807, 2.05) is 36.6 Å². The van der Waals surface area contributed by atoms with Gasteiger partial charge in [-0.1, -0.05) is 18.2 Å². The topological polar surface area (TPSA) is 24.9 Å². The van der Waals surface area contributed by atoms with Crippen molar-refractivity contribution in [3.05, 3.63) is 55.0 Å². The number of allylic oxidation sites excluding steroid dienone is 2. The molecule has 3 heteroatoms. The molecule has 2 nitrogen and oxygen atoms in total. The van der Waals surface area contributed by atoms with Gasteiger partial charge in [-0.3, -0.25) is 4.98 Å². The van der Waals surface area contributed by atoms with E-state index in [2.05, 4.69) is 16.4 Å². The second-order valence-corrected chi connectivity index (χ2v) is 2.22. The van der Waals surface area contributed by atoms with Crippen LogP contribution >= 0.6 is 0 Å². The Bertz CT molecular complexity index is 206. The second kappa shape index (κ2) is 8.59. The van der Waals surface area contributed by atoms with Crippen LogP contribution in [0.4, 0.5) is 0 Å². The fraction of sp³-hybridized carbons (Fsp3) is 0.100. The quantitative estimate of drug-likeness (QED) is 0.596. The lowest BCUT2D eigenvalue weighted by Gasteiger charge is -1.94. The highest BCUT2D eigenvalue weighted by molar-refractivity contribution is 5.75. The molecule has 0 fully saturated rings. The van der Waals surface area contributed by atoms with Crippen LogP contribution in [-0.2, 0) is 0 Å². The van der Waals surface area contributed by atoms with Gasteiger partial charge < -0.3 is 5.32 Å². The van der Waals surface area contributed by atoms with Crippen molar-refractivity contribution in [3.63, 3.8) is 0 Å². The molecule has 1 aliphatic rings. The minimum atomic E-state index is 0. The fourth-order valence-corrected chi connectivity index (χ4v) is 0.719. The van der Waals surface area contributed by atoms with Gasteiger partial charge >= 0.3 is 0 Å². The Morgan fingerprint density at radius 1 is 1.00 bits per heavy atom. The van der Waals surface area contributed by atoms with Gasteiger partial charge in [0, 0.05) is 27.4 Å². The van der Waals surface area contributed by atoms with E-state index in [1.54, 1.807) is 12.4 Å². The summed E-state index contributed by atoms with van der Waals surface area (Å²) < 4.78 is 0. The summed E-state index contributed by atoms with van der Waals surface area (Å²) in [4.78, 5) is 3.78. The highest BCUT2D eigenvalue weighted by Crippen LogP contribution is 1.78. The van der Waals surface area contributed by atoms with Crippen molar-refractivity contribution in [1.82, 2.24) is 10.3 Å². The first-order valence-electron chi connectivity index (χ1n) is 3.90. The van der Waals surface area contributed by atoms with E-state index in [0.29, 0.717) is 0 Å². The molecule has 0 saturated carbocycles. The van der Waals surface area contributed by atoms with Crippen LogP contribution in [0.3, 0.4) is 0 Å². The lowest BCUT2D eigenvalue weighted by Crippen LogP contribution is -2.05. The van der Waals surface area contributed by atoms with Crippen LogP contribution in [0.2, 0.25) is 0 Å². The molecular weight excluding hydrogens is 159 g/mol. The molecule has 1 aliphatic heterocycles. The lowest BCUT2D eigenvalue weighted by molar-refractivity contribution is 0.972. The van der Waals surface area contributed by atoms with Crippen molar-refractivity contribution in [1.29, 1.82) is 0 Å². The molecule has 2 heterocycles. The molecule has 0 unspecified atom stereocenters. The third-order valence-corrected chi connectivity index (χ3v) is 1.26. The Hall–Kier alpha value is -1.51. The van der Waals surface area contributed by atoms with Crippen molar-refractivity contribution in [3.8, 4) is 0 Å². The minimum Gasteiger partial charge on any atom is -0.387 e. The van der Waals surface area contributed by atoms with E-state index in [1.165, 1.54) is 0 Å². The predicted octanol–water partition coefficient (Wildman–Crippen LogP) is 1.36. The third-order valence-electron chi connectivity index (χ3n) is 1.26. The monoisotopic (exact) mass is 171 g/mol. The van der Waals surface area contributed by atoms with Crippen molar-refractivity contribution >= 4 is 8.41 Å². The molecule has 3 radical (unpaired) electrons. The van der Waals surface area contributed by atoms with Gasteiger partial charge in [-0.15, -0.1) is 0 Å². The van der Waals surface area contributed by atoms with E-state index < -0.39 is 0 Å². The van der Waals surface area contributed by atoms with Gasteiger partial charge in [-0.2, -0.15) is 0 Å². The van der Waals surface area contributed by atoms with E-state index >= 15 is 0 Å². The summed E-state index contributed by atoms with van der Waals surface area (Å²) in [6.45, 7) is 0.983. The molecule has 13 heavy (non-hydrogen) atoms. The molecule has 1 aromatic rings. The van der Waals surface area contributed by atoms with Crippen LogP contribution in [0.15, 0.2) is 55.0 Å². The van der Waals surface area contributed by atoms with E-state index in [-0.39, 0.29) is 8.41 Å². The van der Waals surface area contributed by atoms with Crippen LogP contribution in [0.25, 0.3) is 0 Å². The Morgan fingerprint density at radius 3 is 1.92 bits per heavy atom. The zero-order valence-corrected chi connectivity index (χ0v) is 7.43. The van der Waals surface area contributed by atoms with Crippen LogP contribution in [0.5, 0.6) is 0 Å². The Morgan fingerprint density at radius 2 is 1.77 bits per heavy atom. The average molecular weight is 171 g/mol. The number of nitrogens with one attached hydrogen (secondary N) is 1. The normalized spacial score (nSPS) is 11.7. The SMILES string of the molecule is C1=CCNC=C1.[B].c1ccncc1. The lowest BCUT2D eigenvalue weighted by atomic mass is 10.4. The highest BCUT2D eigenvalue weighted by atomic mass is 14.8. The maximum absolute atomic E-state index is 3.78. The molecule has 2 rings (SSSR count). The number of rotatable bonds is 0. The third kappa shape index (κ3) is 6.88. The van der Waals surface area contributed by atoms with Crippen LogP contribution in [0.1, 0.15) is 0 Å². The van der Waals surface area contributed by atoms with Crippen LogP contribution in [-0.4, -0.2) is 19.9 Å². The van der Waals surface area contributed by atoms with Crippen molar-refractivity contribution in [2.75, 3.05) is 6.54 Å².